The highest BCUT2D eigenvalue weighted by Gasteiger charge is 2.59. The summed E-state index contributed by atoms with van der Waals surface area (Å²) in [5, 5.41) is 188. The topological polar surface area (TPSA) is 490 Å². The third kappa shape index (κ3) is 12.3. The molecule has 0 amide bonds. The molecule has 22 aliphatic rings. The normalized spacial score (nSPS) is 51.2. The van der Waals surface area contributed by atoms with E-state index in [1.165, 1.54) is 13.8 Å². The molecule has 12 bridgehead atoms. The average molecular weight is 1070 g/mol. The summed E-state index contributed by atoms with van der Waals surface area (Å²) < 4.78 is 79.9. The quantitative estimate of drug-likeness (QED) is 0.0903. The van der Waals surface area contributed by atoms with Gasteiger partial charge in [-0.3, -0.25) is 0 Å². The first-order valence-corrected chi connectivity index (χ1v) is 23.5. The van der Waals surface area contributed by atoms with Crippen molar-refractivity contribution in [2.24, 2.45) is 0 Å². The molecule has 32 heteroatoms. The van der Waals surface area contributed by atoms with Crippen LogP contribution in [-0.4, -0.2) is 329 Å². The average Bonchev–Trinajstić information content (AvgIpc) is 3.36. The van der Waals surface area contributed by atoms with Crippen LogP contribution in [0.15, 0.2) is 0 Å². The molecule has 17 N–H and O–H groups in total. The van der Waals surface area contributed by atoms with E-state index < -0.39 is 243 Å². The van der Waals surface area contributed by atoms with Crippen LogP contribution in [0.25, 0.3) is 0 Å². The molecule has 0 aliphatic carbocycles. The van der Waals surface area contributed by atoms with Gasteiger partial charge in [0.05, 0.1) is 45.7 Å². The molecule has 22 fully saturated rings. The first kappa shape index (κ1) is 58.9. The van der Waals surface area contributed by atoms with E-state index in [1.807, 2.05) is 0 Å². The fourth-order valence-electron chi connectivity index (χ4n) is 9.56. The maximum absolute atomic E-state index is 12.7. The van der Waals surface area contributed by atoms with E-state index >= 15 is 0 Å². The first-order chi connectivity index (χ1) is 34.7. The highest BCUT2D eigenvalue weighted by Crippen LogP contribution is 2.38. The Balaban J connectivity index is 1.22. The van der Waals surface area contributed by atoms with Crippen molar-refractivity contribution in [2.45, 2.75) is 204 Å². The second-order valence-corrected chi connectivity index (χ2v) is 18.7. The molecule has 0 aromatic carbocycles. The van der Waals surface area contributed by atoms with Gasteiger partial charge in [0.1, 0.15) is 153 Å². The molecule has 30 atom stereocenters. The van der Waals surface area contributed by atoms with Gasteiger partial charge in [0, 0.05) is 0 Å². The Hall–Kier alpha value is -1.73. The molecule has 22 rings (SSSR count). The molecule has 0 aromatic heterocycles. The van der Waals surface area contributed by atoms with E-state index in [1.54, 1.807) is 0 Å². The van der Waals surface area contributed by atoms with E-state index in [0.717, 1.165) is 0 Å². The van der Waals surface area contributed by atoms with Crippen molar-refractivity contribution in [3.05, 3.63) is 0 Å². The highest BCUT2D eigenvalue weighted by molar-refractivity contribution is 5.70. The van der Waals surface area contributed by atoms with Gasteiger partial charge >= 0.3 is 5.97 Å². The number of esters is 1. The fraction of sp³-hybridized carbons (Fsp3) is 0.976. The SMILES string of the molecule is CC(C)OC(=O)CO[C@@H]1[C@@H](O)[C@H]2O[C@H]3[C@H](O)[C@@H](O)[C@@H](O[C@H]4[C@H](O)[C@@H](O)[C@@H](O[C@H]5[C@H](O)[C@@H](O)[C@@H](O[C@H]6[C@H](O)[C@@H](O)[C@@H](O[C@H]7[C@H](O)[C@@H](O)[C@@H](O[C@H]1[C@@H](CO)O2)O[C@@H]7CO)O[C@@H]6CO)O[C@@H]5CO)O[C@@H]4CO)O[C@@H]3CO. The van der Waals surface area contributed by atoms with Gasteiger partial charge in [0.25, 0.3) is 0 Å². The molecule has 32 nitrogen and oxygen atoms in total. The van der Waals surface area contributed by atoms with Gasteiger partial charge in [-0.1, -0.05) is 0 Å². The van der Waals surface area contributed by atoms with Crippen LogP contribution in [0.4, 0.5) is 0 Å². The number of hydrogen-bond donors (Lipinski definition) is 17. The molecule has 22 saturated heterocycles. The molecule has 22 heterocycles. The minimum atomic E-state index is -2.19. The number of carbonyl (C=O) groups excluding carboxylic acids is 1. The van der Waals surface area contributed by atoms with Gasteiger partial charge in [-0.05, 0) is 13.8 Å². The van der Waals surface area contributed by atoms with Crippen molar-refractivity contribution in [3.63, 3.8) is 0 Å². The van der Waals surface area contributed by atoms with Gasteiger partial charge in [-0.25, -0.2) is 4.79 Å². The minimum Gasteiger partial charge on any atom is -0.461 e. The molecule has 424 valence electrons. The zero-order valence-corrected chi connectivity index (χ0v) is 39.1. The van der Waals surface area contributed by atoms with Crippen molar-refractivity contribution in [1.29, 1.82) is 0 Å². The molecule has 0 saturated carbocycles. The van der Waals surface area contributed by atoms with Crippen molar-refractivity contribution in [1.82, 2.24) is 0 Å². The summed E-state index contributed by atoms with van der Waals surface area (Å²) in [5.74, 6) is -0.970. The fourth-order valence-corrected chi connectivity index (χ4v) is 9.56. The van der Waals surface area contributed by atoms with Crippen LogP contribution in [0, 0.1) is 0 Å². The predicted octanol–water partition coefficient (Wildman–Crippen LogP) is -12.1. The van der Waals surface area contributed by atoms with E-state index in [2.05, 4.69) is 0 Å². The van der Waals surface area contributed by atoms with Gasteiger partial charge < -0.3 is 153 Å². The summed E-state index contributed by atoms with van der Waals surface area (Å²) in [4.78, 5) is 12.7. The number of rotatable bonds is 10. The minimum absolute atomic E-state index is 0.648. The second kappa shape index (κ2) is 25.4. The Morgan fingerprint density at radius 1 is 0.342 bits per heavy atom. The molecule has 0 spiro atoms. The second-order valence-electron chi connectivity index (χ2n) is 18.7. The van der Waals surface area contributed by atoms with Crippen LogP contribution >= 0.6 is 0 Å². The third-order valence-corrected chi connectivity index (χ3v) is 13.4. The molecular weight excluding hydrogens is 1000 g/mol. The third-order valence-electron chi connectivity index (χ3n) is 13.4. The largest absolute Gasteiger partial charge is 0.461 e. The van der Waals surface area contributed by atoms with Crippen molar-refractivity contribution in [3.8, 4) is 0 Å². The van der Waals surface area contributed by atoms with Crippen molar-refractivity contribution < 1.29 is 158 Å². The number of aliphatic hydroxyl groups excluding tert-OH is 17. The molecular formula is C41H68O32. The summed E-state index contributed by atoms with van der Waals surface area (Å²) in [6, 6.07) is 0. The van der Waals surface area contributed by atoms with Crippen LogP contribution in [0.5, 0.6) is 0 Å². The Kier molecular flexibility index (Phi) is 20.5. The lowest BCUT2D eigenvalue weighted by Gasteiger charge is -2.51. The monoisotopic (exact) mass is 1070 g/mol. The molecule has 0 radical (unpaired) electrons. The maximum Gasteiger partial charge on any atom is 0.332 e. The Morgan fingerprint density at radius 2 is 0.562 bits per heavy atom. The van der Waals surface area contributed by atoms with E-state index in [0.29, 0.717) is 0 Å². The predicted molar refractivity (Wildman–Crippen MR) is 221 cm³/mol. The lowest BCUT2D eigenvalue weighted by molar-refractivity contribution is -0.404. The zero-order chi connectivity index (χ0) is 53.3. The van der Waals surface area contributed by atoms with Crippen molar-refractivity contribution >= 4 is 5.97 Å². The number of ether oxygens (including phenoxy) is 14. The van der Waals surface area contributed by atoms with Gasteiger partial charge in [-0.2, -0.15) is 0 Å². The van der Waals surface area contributed by atoms with E-state index in [9.17, 15) is 91.6 Å². The van der Waals surface area contributed by atoms with E-state index in [-0.39, 0.29) is 0 Å². The molecule has 73 heavy (non-hydrogen) atoms. The van der Waals surface area contributed by atoms with E-state index in [4.69, 9.17) is 66.3 Å². The van der Waals surface area contributed by atoms with Crippen LogP contribution in [0.2, 0.25) is 0 Å². The number of hydrogen-bond acceptors (Lipinski definition) is 32. The molecule has 22 aliphatic heterocycles. The standard InChI is InChI=1S/C41H68O32/c1-10(2)61-17(48)9-60-35-28(59)41-67-16(8-47)34(35)73-40-27(58)22(53)32(14(6-45)66-40)71-38-25(56)20(51)30(12(4-43)64-38)69-36-23(54)18(49)29(11(3-42)62-36)68-37-24(55)19(50)31(13(5-44)63-37)70-39-26(57)21(52)33(72-41)15(7-46)65-39/h10-16,18-47,49-59H,3-9H2,1-2H3/t11-,12-,13-,14-,15-,16-,18-,19-,20-,21-,22-,23-,24-,25-,26-,27-,28-,29-,30-,31-,32-,33-,34+,35-,36-,37-,38-,39-,40-,41-/m1/s1. The maximum atomic E-state index is 12.7. The van der Waals surface area contributed by atoms with Crippen LogP contribution < -0.4 is 0 Å². The van der Waals surface area contributed by atoms with Gasteiger partial charge in [0.2, 0.25) is 0 Å². The first-order valence-electron chi connectivity index (χ1n) is 23.5. The van der Waals surface area contributed by atoms with Crippen molar-refractivity contribution in [2.75, 3.05) is 46.2 Å². The summed E-state index contributed by atoms with van der Waals surface area (Å²) in [6.07, 6.45) is -59.7. The summed E-state index contributed by atoms with van der Waals surface area (Å²) >= 11 is 0. The molecule has 0 unspecified atom stereocenters. The number of aliphatic hydroxyl groups is 17. The highest BCUT2D eigenvalue weighted by atomic mass is 16.8. The summed E-state index contributed by atoms with van der Waals surface area (Å²) in [5.41, 5.74) is 0. The van der Waals surface area contributed by atoms with Crippen LogP contribution in [-0.2, 0) is 71.1 Å². The Labute approximate surface area is 414 Å². The number of carbonyl (C=O) groups is 1. The Morgan fingerprint density at radius 3 is 0.795 bits per heavy atom. The van der Waals surface area contributed by atoms with Crippen LogP contribution in [0.3, 0.4) is 0 Å². The summed E-state index contributed by atoms with van der Waals surface area (Å²) in [7, 11) is 0. The smallest absolute Gasteiger partial charge is 0.332 e. The summed E-state index contributed by atoms with van der Waals surface area (Å²) in [6.45, 7) is -3.99. The Bertz CT molecular complexity index is 1710. The lowest BCUT2D eigenvalue weighted by Crippen LogP contribution is -2.69. The molecule has 0 aromatic rings. The van der Waals surface area contributed by atoms with Crippen LogP contribution in [0.1, 0.15) is 13.8 Å². The lowest BCUT2D eigenvalue weighted by atomic mass is 9.94. The van der Waals surface area contributed by atoms with Gasteiger partial charge in [-0.15, -0.1) is 0 Å². The zero-order valence-electron chi connectivity index (χ0n) is 39.1. The van der Waals surface area contributed by atoms with Gasteiger partial charge in [0.15, 0.2) is 37.7 Å².